The molecule has 0 amide bonds. The molecule has 0 fully saturated rings. The van der Waals surface area contributed by atoms with Crippen molar-refractivity contribution in [2.24, 2.45) is 5.73 Å². The predicted molar refractivity (Wildman–Crippen MR) is 50.3 cm³/mol. The number of nitrogens with two attached hydrogens (primary N) is 1. The zero-order valence-electron chi connectivity index (χ0n) is 7.66. The normalized spacial score (nSPS) is 14.5. The topological polar surface area (TPSA) is 124 Å². The third-order valence-electron chi connectivity index (χ3n) is 1.97. The maximum absolute atomic E-state index is 10.5. The lowest BCUT2D eigenvalue weighted by Crippen LogP contribution is -2.36. The van der Waals surface area contributed by atoms with Gasteiger partial charge in [0.15, 0.2) is 11.5 Å². The lowest BCUT2D eigenvalue weighted by Gasteiger charge is -2.15. The number of carboxylic acids is 1. The van der Waals surface area contributed by atoms with E-state index in [4.69, 9.17) is 21.1 Å². The van der Waals surface area contributed by atoms with Crippen LogP contribution >= 0.6 is 0 Å². The number of phenolic OH excluding ortho intramolecular Hbond substituents is 2. The van der Waals surface area contributed by atoms with Crippen LogP contribution in [0.1, 0.15) is 11.7 Å². The second-order valence-electron chi connectivity index (χ2n) is 3.06. The minimum atomic E-state index is -1.48. The molecular formula is C9H11NO5. The van der Waals surface area contributed by atoms with Crippen LogP contribution in [0.3, 0.4) is 0 Å². The predicted octanol–water partition coefficient (Wildman–Crippen LogP) is -0.457. The Morgan fingerprint density at radius 2 is 1.87 bits per heavy atom. The molecule has 0 radical (unpaired) electrons. The number of rotatable bonds is 3. The van der Waals surface area contributed by atoms with Gasteiger partial charge in [0.25, 0.3) is 0 Å². The number of carboxylic acid groups (broad SMARTS) is 1. The average Bonchev–Trinajstić information content (AvgIpc) is 2.19. The van der Waals surface area contributed by atoms with E-state index in [-0.39, 0.29) is 11.3 Å². The first kappa shape index (κ1) is 11.3. The molecular weight excluding hydrogens is 205 g/mol. The number of carbonyl (C=O) groups is 1. The monoisotopic (exact) mass is 216 g/mol. The maximum Gasteiger partial charge on any atom is 0.323 e. The number of hydrogen-bond donors (Lipinski definition) is 5. The molecule has 2 atom stereocenters. The van der Waals surface area contributed by atoms with E-state index in [0.717, 1.165) is 12.1 Å². The van der Waals surface area contributed by atoms with Crippen LogP contribution in [0.15, 0.2) is 18.2 Å². The molecule has 1 aromatic rings. The van der Waals surface area contributed by atoms with E-state index in [1.807, 2.05) is 0 Å². The standard InChI is InChI=1S/C9H11NO5/c10-7(9(14)15)8(13)4-1-2-5(11)6(12)3-4/h1-3,7-8,11-13H,10H2,(H,14,15)/t7-,8+/m0/s1/i7+1,9+1,10+1. The van der Waals surface area contributed by atoms with Crippen LogP contribution in [0.4, 0.5) is 0 Å². The fraction of sp³-hybridized carbons (Fsp3) is 0.222. The molecule has 0 aliphatic carbocycles. The van der Waals surface area contributed by atoms with Crippen molar-refractivity contribution in [2.75, 3.05) is 0 Å². The minimum absolute atomic E-state index is 0.125. The Bertz CT molecular complexity index is 379. The number of aliphatic carboxylic acids is 1. The van der Waals surface area contributed by atoms with Crippen molar-refractivity contribution >= 4 is 5.97 Å². The highest BCUT2D eigenvalue weighted by molar-refractivity contribution is 5.74. The fourth-order valence-electron chi connectivity index (χ4n) is 1.07. The molecule has 6 heteroatoms. The van der Waals surface area contributed by atoms with Crippen molar-refractivity contribution in [1.82, 2.24) is 0 Å². The summed E-state index contributed by atoms with van der Waals surface area (Å²) >= 11 is 0. The zero-order chi connectivity index (χ0) is 11.6. The van der Waals surface area contributed by atoms with Gasteiger partial charge in [-0.15, -0.1) is 0 Å². The largest absolute Gasteiger partial charge is 0.504 e. The van der Waals surface area contributed by atoms with Crippen LogP contribution in [-0.2, 0) is 4.79 Å². The zero-order valence-corrected chi connectivity index (χ0v) is 7.66. The van der Waals surface area contributed by atoms with E-state index >= 15 is 0 Å². The Kier molecular flexibility index (Phi) is 3.13. The van der Waals surface area contributed by atoms with E-state index < -0.39 is 23.9 Å². The molecule has 0 aliphatic heterocycles. The second-order valence-corrected chi connectivity index (χ2v) is 3.06. The van der Waals surface area contributed by atoms with Gasteiger partial charge in [-0.3, -0.25) is 4.79 Å². The highest BCUT2D eigenvalue weighted by atomic mass is 16.5. The molecule has 0 spiro atoms. The van der Waals surface area contributed by atoms with Gasteiger partial charge in [0, 0.05) is 0 Å². The fourth-order valence-corrected chi connectivity index (χ4v) is 1.07. The summed E-state index contributed by atoms with van der Waals surface area (Å²) in [5.41, 5.74) is 5.31. The molecule has 6 nitrogen and oxygen atoms in total. The summed E-state index contributed by atoms with van der Waals surface area (Å²) in [4.78, 5) is 10.5. The Morgan fingerprint density at radius 1 is 1.27 bits per heavy atom. The Hall–Kier alpha value is -1.79. The smallest absolute Gasteiger partial charge is 0.323 e. The highest BCUT2D eigenvalue weighted by Crippen LogP contribution is 2.28. The molecule has 0 saturated carbocycles. The summed E-state index contributed by atoms with van der Waals surface area (Å²) in [5, 5.41) is 36.1. The summed E-state index contributed by atoms with van der Waals surface area (Å²) < 4.78 is 0. The molecule has 1 aromatic carbocycles. The maximum atomic E-state index is 10.5. The molecule has 0 aromatic heterocycles. The van der Waals surface area contributed by atoms with Crippen molar-refractivity contribution in [3.63, 3.8) is 0 Å². The number of aliphatic hydroxyl groups is 1. The van der Waals surface area contributed by atoms with E-state index in [1.54, 1.807) is 0 Å². The van der Waals surface area contributed by atoms with Gasteiger partial charge in [0.05, 0.1) is 0 Å². The lowest BCUT2D eigenvalue weighted by molar-refractivity contribution is -0.141. The van der Waals surface area contributed by atoms with Crippen LogP contribution in [0.2, 0.25) is 0 Å². The van der Waals surface area contributed by atoms with Gasteiger partial charge in [-0.1, -0.05) is 6.07 Å². The molecule has 6 N–H and O–H groups in total. The summed E-state index contributed by atoms with van der Waals surface area (Å²) in [6, 6.07) is 2.00. The van der Waals surface area contributed by atoms with Crippen molar-refractivity contribution in [1.29, 1.82) is 0 Å². The van der Waals surface area contributed by atoms with E-state index in [9.17, 15) is 9.90 Å². The summed E-state index contributed by atoms with van der Waals surface area (Å²) in [6.45, 7) is 0. The van der Waals surface area contributed by atoms with Crippen LogP contribution in [0.5, 0.6) is 11.5 Å². The molecule has 0 heterocycles. The number of hydrogen-bond acceptors (Lipinski definition) is 5. The Morgan fingerprint density at radius 3 is 2.33 bits per heavy atom. The number of aromatic hydroxyl groups is 2. The van der Waals surface area contributed by atoms with Gasteiger partial charge < -0.3 is 26.2 Å². The third kappa shape index (κ3) is 2.36. The summed E-state index contributed by atoms with van der Waals surface area (Å²) in [6.07, 6.45) is -1.44. The molecule has 0 bridgehead atoms. The van der Waals surface area contributed by atoms with Crippen molar-refractivity contribution < 1.29 is 25.2 Å². The first-order valence-corrected chi connectivity index (χ1v) is 4.12. The van der Waals surface area contributed by atoms with Crippen molar-refractivity contribution in [3.05, 3.63) is 23.8 Å². The highest BCUT2D eigenvalue weighted by Gasteiger charge is 2.24. The van der Waals surface area contributed by atoms with Gasteiger partial charge in [-0.05, 0) is 17.7 Å². The van der Waals surface area contributed by atoms with Crippen LogP contribution in [-0.4, -0.2) is 32.4 Å². The molecule has 82 valence electrons. The quantitative estimate of drug-likeness (QED) is 0.264. The molecule has 15 heavy (non-hydrogen) atoms. The van der Waals surface area contributed by atoms with Gasteiger partial charge in [-0.25, -0.2) is 0 Å². The van der Waals surface area contributed by atoms with Crippen LogP contribution < -0.4 is 5.73 Å². The van der Waals surface area contributed by atoms with E-state index in [2.05, 4.69) is 0 Å². The van der Waals surface area contributed by atoms with Crippen LogP contribution in [0.25, 0.3) is 0 Å². The number of phenols is 2. The van der Waals surface area contributed by atoms with Crippen molar-refractivity contribution in [3.8, 4) is 11.5 Å². The minimum Gasteiger partial charge on any atom is -0.504 e. The van der Waals surface area contributed by atoms with Gasteiger partial charge in [-0.2, -0.15) is 0 Å². The van der Waals surface area contributed by atoms with Gasteiger partial charge in [0.1, 0.15) is 12.1 Å². The Balaban J connectivity index is 2.96. The van der Waals surface area contributed by atoms with E-state index in [1.165, 1.54) is 6.07 Å². The first-order chi connectivity index (χ1) is 6.93. The number of aliphatic hydroxyl groups excluding tert-OH is 1. The van der Waals surface area contributed by atoms with Gasteiger partial charge in [0.2, 0.25) is 0 Å². The second kappa shape index (κ2) is 4.16. The summed E-state index contributed by atoms with van der Waals surface area (Å²) in [7, 11) is 0. The van der Waals surface area contributed by atoms with E-state index in [0.29, 0.717) is 0 Å². The molecule has 0 saturated heterocycles. The first-order valence-electron chi connectivity index (χ1n) is 4.12. The molecule has 0 aliphatic rings. The third-order valence-corrected chi connectivity index (χ3v) is 1.97. The SMILES string of the molecule is [15NH2][13C@@H]([C@H](O)c1ccc(O)c(O)c1)[13C](=O)O. The number of benzene rings is 1. The summed E-state index contributed by atoms with van der Waals surface area (Å²) in [5.74, 6) is -2.14. The average molecular weight is 216 g/mol. The van der Waals surface area contributed by atoms with Crippen molar-refractivity contribution in [2.45, 2.75) is 12.1 Å². The Labute approximate surface area is 85.2 Å². The lowest BCUT2D eigenvalue weighted by atomic mass is 10.1. The molecule has 1 rings (SSSR count). The molecule has 0 unspecified atom stereocenters. The van der Waals surface area contributed by atoms with Gasteiger partial charge >= 0.3 is 5.97 Å². The van der Waals surface area contributed by atoms with Crippen LogP contribution in [0, 0.1) is 0 Å².